The second-order valence-corrected chi connectivity index (χ2v) is 5.64. The number of benzene rings is 1. The minimum atomic E-state index is -0.849. The molecule has 0 aromatic heterocycles. The zero-order chi connectivity index (χ0) is 13.1. The molecule has 0 heterocycles. The summed E-state index contributed by atoms with van der Waals surface area (Å²) in [5, 5.41) is 9.01. The van der Waals surface area contributed by atoms with Crippen molar-refractivity contribution in [3.8, 4) is 0 Å². The van der Waals surface area contributed by atoms with E-state index in [0.717, 1.165) is 5.56 Å². The Hall–Kier alpha value is -1.35. The van der Waals surface area contributed by atoms with Gasteiger partial charge in [-0.1, -0.05) is 51.1 Å². The van der Waals surface area contributed by atoms with Crippen molar-refractivity contribution in [2.75, 3.05) is 0 Å². The molecule has 94 valence electrons. The molecule has 1 aromatic rings. The first-order valence-corrected chi connectivity index (χ1v) is 5.79. The van der Waals surface area contributed by atoms with Crippen LogP contribution in [0, 0.1) is 5.41 Å². The van der Waals surface area contributed by atoms with Crippen LogP contribution in [0.4, 0.5) is 0 Å². The van der Waals surface area contributed by atoms with Crippen molar-refractivity contribution in [3.05, 3.63) is 35.9 Å². The topological polar surface area (TPSA) is 63.3 Å². The van der Waals surface area contributed by atoms with Crippen molar-refractivity contribution < 1.29 is 9.90 Å². The number of aliphatic carboxylic acids is 1. The van der Waals surface area contributed by atoms with Gasteiger partial charge < -0.3 is 10.8 Å². The Bertz CT molecular complexity index is 381. The standard InChI is InChI=1S/C14H21NO2/c1-13(2,3)14(15,10-12(16)17)9-11-7-5-4-6-8-11/h4-8H,9-10,15H2,1-3H3,(H,16,17)/t14-/m1/s1. The third-order valence-corrected chi connectivity index (χ3v) is 3.32. The number of hydrogen-bond acceptors (Lipinski definition) is 2. The maximum atomic E-state index is 11.0. The third kappa shape index (κ3) is 3.56. The quantitative estimate of drug-likeness (QED) is 0.842. The highest BCUT2D eigenvalue weighted by Crippen LogP contribution is 2.34. The van der Waals surface area contributed by atoms with Crippen LogP contribution in [0.1, 0.15) is 32.8 Å². The van der Waals surface area contributed by atoms with Gasteiger partial charge in [0.15, 0.2) is 0 Å². The van der Waals surface area contributed by atoms with Gasteiger partial charge >= 0.3 is 5.97 Å². The molecule has 0 aliphatic heterocycles. The van der Waals surface area contributed by atoms with E-state index in [1.54, 1.807) is 0 Å². The van der Waals surface area contributed by atoms with E-state index < -0.39 is 11.5 Å². The molecule has 0 unspecified atom stereocenters. The number of nitrogens with two attached hydrogens (primary N) is 1. The van der Waals surface area contributed by atoms with Gasteiger partial charge in [-0.25, -0.2) is 0 Å². The van der Waals surface area contributed by atoms with Gasteiger partial charge in [-0.2, -0.15) is 0 Å². The summed E-state index contributed by atoms with van der Waals surface area (Å²) in [5.41, 5.74) is 6.40. The van der Waals surface area contributed by atoms with Crippen molar-refractivity contribution in [2.45, 2.75) is 39.2 Å². The molecular weight excluding hydrogens is 214 g/mol. The van der Waals surface area contributed by atoms with Crippen molar-refractivity contribution in [2.24, 2.45) is 11.1 Å². The van der Waals surface area contributed by atoms with Crippen molar-refractivity contribution in [3.63, 3.8) is 0 Å². The summed E-state index contributed by atoms with van der Waals surface area (Å²) in [5.74, 6) is -0.849. The van der Waals surface area contributed by atoms with Gasteiger partial charge in [-0.05, 0) is 17.4 Å². The van der Waals surface area contributed by atoms with Crippen LogP contribution in [0.25, 0.3) is 0 Å². The van der Waals surface area contributed by atoms with Gasteiger partial charge in [0, 0.05) is 5.54 Å². The Kier molecular flexibility index (Phi) is 3.94. The van der Waals surface area contributed by atoms with E-state index in [1.807, 2.05) is 51.1 Å². The third-order valence-electron chi connectivity index (χ3n) is 3.32. The fourth-order valence-corrected chi connectivity index (χ4v) is 1.82. The Morgan fingerprint density at radius 1 is 1.24 bits per heavy atom. The first-order valence-electron chi connectivity index (χ1n) is 5.79. The van der Waals surface area contributed by atoms with E-state index in [2.05, 4.69) is 0 Å². The van der Waals surface area contributed by atoms with E-state index in [9.17, 15) is 4.79 Å². The smallest absolute Gasteiger partial charge is 0.305 e. The van der Waals surface area contributed by atoms with Gasteiger partial charge in [-0.15, -0.1) is 0 Å². The summed E-state index contributed by atoms with van der Waals surface area (Å²) in [6.07, 6.45) is 0.551. The maximum Gasteiger partial charge on any atom is 0.305 e. The predicted octanol–water partition coefficient (Wildman–Crippen LogP) is 2.45. The van der Waals surface area contributed by atoms with Gasteiger partial charge in [-0.3, -0.25) is 4.79 Å². The first kappa shape index (κ1) is 13.7. The molecule has 0 aliphatic carbocycles. The zero-order valence-electron chi connectivity index (χ0n) is 10.7. The van der Waals surface area contributed by atoms with E-state index in [0.29, 0.717) is 6.42 Å². The molecule has 3 heteroatoms. The highest BCUT2D eigenvalue weighted by atomic mass is 16.4. The molecule has 0 bridgehead atoms. The minimum absolute atomic E-state index is 0.0224. The minimum Gasteiger partial charge on any atom is -0.481 e. The monoisotopic (exact) mass is 235 g/mol. The van der Waals surface area contributed by atoms with Gasteiger partial charge in [0.2, 0.25) is 0 Å². The summed E-state index contributed by atoms with van der Waals surface area (Å²) in [6.45, 7) is 5.96. The molecule has 0 spiro atoms. The fraction of sp³-hybridized carbons (Fsp3) is 0.500. The Morgan fingerprint density at radius 2 is 1.76 bits per heavy atom. The van der Waals surface area contributed by atoms with E-state index in [1.165, 1.54) is 0 Å². The van der Waals surface area contributed by atoms with Crippen LogP contribution in [0.3, 0.4) is 0 Å². The lowest BCUT2D eigenvalue weighted by atomic mass is 9.69. The van der Waals surface area contributed by atoms with Crippen LogP contribution in [0.2, 0.25) is 0 Å². The summed E-state index contributed by atoms with van der Waals surface area (Å²) in [6, 6.07) is 9.79. The molecule has 0 radical (unpaired) electrons. The van der Waals surface area contributed by atoms with Crippen LogP contribution >= 0.6 is 0 Å². The molecule has 0 fully saturated rings. The average Bonchev–Trinajstić information content (AvgIpc) is 2.15. The average molecular weight is 235 g/mol. The molecule has 1 rings (SSSR count). The van der Waals surface area contributed by atoms with Crippen LogP contribution in [0.5, 0.6) is 0 Å². The molecule has 17 heavy (non-hydrogen) atoms. The second-order valence-electron chi connectivity index (χ2n) is 5.64. The van der Waals surface area contributed by atoms with Crippen LogP contribution in [-0.2, 0) is 11.2 Å². The van der Waals surface area contributed by atoms with Crippen LogP contribution < -0.4 is 5.73 Å². The van der Waals surface area contributed by atoms with E-state index in [-0.39, 0.29) is 11.8 Å². The molecule has 0 saturated carbocycles. The van der Waals surface area contributed by atoms with E-state index in [4.69, 9.17) is 10.8 Å². The van der Waals surface area contributed by atoms with Gasteiger partial charge in [0.05, 0.1) is 6.42 Å². The lowest BCUT2D eigenvalue weighted by Crippen LogP contribution is -2.54. The Balaban J connectivity index is 2.96. The van der Waals surface area contributed by atoms with Crippen molar-refractivity contribution in [1.82, 2.24) is 0 Å². The number of carboxylic acid groups (broad SMARTS) is 1. The lowest BCUT2D eigenvalue weighted by Gasteiger charge is -2.41. The predicted molar refractivity (Wildman–Crippen MR) is 68.8 cm³/mol. The zero-order valence-corrected chi connectivity index (χ0v) is 10.7. The number of carbonyl (C=O) groups is 1. The maximum absolute atomic E-state index is 11.0. The Labute approximate surface area is 103 Å². The molecule has 3 nitrogen and oxygen atoms in total. The summed E-state index contributed by atoms with van der Waals surface area (Å²) in [4.78, 5) is 11.0. The van der Waals surface area contributed by atoms with Crippen LogP contribution in [0.15, 0.2) is 30.3 Å². The van der Waals surface area contributed by atoms with Crippen molar-refractivity contribution in [1.29, 1.82) is 0 Å². The number of rotatable bonds is 4. The SMILES string of the molecule is CC(C)(C)[C@](N)(CC(=O)O)Cc1ccccc1. The molecule has 3 N–H and O–H groups in total. The highest BCUT2D eigenvalue weighted by molar-refractivity contribution is 5.68. The lowest BCUT2D eigenvalue weighted by molar-refractivity contribution is -0.139. The molecule has 1 aromatic carbocycles. The normalized spacial score (nSPS) is 15.3. The number of carboxylic acids is 1. The highest BCUT2D eigenvalue weighted by Gasteiger charge is 2.40. The van der Waals surface area contributed by atoms with Gasteiger partial charge in [0.25, 0.3) is 0 Å². The molecule has 1 atom stereocenters. The Morgan fingerprint density at radius 3 is 2.18 bits per heavy atom. The van der Waals surface area contributed by atoms with Crippen LogP contribution in [-0.4, -0.2) is 16.6 Å². The second kappa shape index (κ2) is 4.88. The number of hydrogen-bond donors (Lipinski definition) is 2. The largest absolute Gasteiger partial charge is 0.481 e. The molecule has 0 amide bonds. The molecule has 0 saturated heterocycles. The first-order chi connectivity index (χ1) is 7.74. The van der Waals surface area contributed by atoms with Crippen molar-refractivity contribution >= 4 is 5.97 Å². The summed E-state index contributed by atoms with van der Waals surface area (Å²) < 4.78 is 0. The van der Waals surface area contributed by atoms with E-state index >= 15 is 0 Å². The fourth-order valence-electron chi connectivity index (χ4n) is 1.82. The summed E-state index contributed by atoms with van der Waals surface area (Å²) >= 11 is 0. The molecule has 0 aliphatic rings. The van der Waals surface area contributed by atoms with Gasteiger partial charge in [0.1, 0.15) is 0 Å². The summed E-state index contributed by atoms with van der Waals surface area (Å²) in [7, 11) is 0. The molecular formula is C14H21NO2.